The summed E-state index contributed by atoms with van der Waals surface area (Å²) < 4.78 is 26.1. The maximum atomic E-state index is 13.2. The van der Waals surface area contributed by atoms with Crippen LogP contribution in [0.4, 0.5) is 13.9 Å². The van der Waals surface area contributed by atoms with E-state index in [-0.39, 0.29) is 11.8 Å². The van der Waals surface area contributed by atoms with E-state index in [9.17, 15) is 13.6 Å². The molecule has 118 valence electrons. The van der Waals surface area contributed by atoms with E-state index in [1.807, 2.05) is 6.92 Å². The van der Waals surface area contributed by atoms with Crippen LogP contribution in [0.1, 0.15) is 17.4 Å². The van der Waals surface area contributed by atoms with E-state index in [0.29, 0.717) is 23.7 Å². The minimum atomic E-state index is -0.864. The average Bonchev–Trinajstić information content (AvgIpc) is 2.90. The number of hydrogen-bond acceptors (Lipinski definition) is 4. The van der Waals surface area contributed by atoms with Crippen molar-refractivity contribution in [1.29, 1.82) is 0 Å². The third-order valence-electron chi connectivity index (χ3n) is 3.10. The van der Waals surface area contributed by atoms with Gasteiger partial charge in [0.25, 0.3) is 0 Å². The number of rotatable bonds is 6. The van der Waals surface area contributed by atoms with Crippen molar-refractivity contribution >= 4 is 22.4 Å². The summed E-state index contributed by atoms with van der Waals surface area (Å²) in [6.45, 7) is 2.40. The van der Waals surface area contributed by atoms with Crippen LogP contribution < -0.4 is 10.6 Å². The van der Waals surface area contributed by atoms with Gasteiger partial charge in [0, 0.05) is 30.0 Å². The van der Waals surface area contributed by atoms with Crippen LogP contribution in [0, 0.1) is 17.6 Å². The highest BCUT2D eigenvalue weighted by molar-refractivity contribution is 7.15. The lowest BCUT2D eigenvalue weighted by Crippen LogP contribution is -2.28. The highest BCUT2D eigenvalue weighted by Gasteiger charge is 2.14. The van der Waals surface area contributed by atoms with Crippen molar-refractivity contribution in [1.82, 2.24) is 10.3 Å². The topological polar surface area (TPSA) is 54.0 Å². The molecule has 1 aromatic carbocycles. The second kappa shape index (κ2) is 7.42. The summed E-state index contributed by atoms with van der Waals surface area (Å²) in [6.07, 6.45) is 2.07. The minimum Gasteiger partial charge on any atom is -0.319 e. The predicted molar refractivity (Wildman–Crippen MR) is 83.0 cm³/mol. The summed E-state index contributed by atoms with van der Waals surface area (Å²) >= 11 is 1.32. The molecule has 7 heteroatoms. The Balaban J connectivity index is 1.99. The van der Waals surface area contributed by atoms with Crippen molar-refractivity contribution < 1.29 is 13.6 Å². The van der Waals surface area contributed by atoms with E-state index in [0.717, 1.165) is 10.9 Å². The first-order chi connectivity index (χ1) is 10.5. The first-order valence-electron chi connectivity index (χ1n) is 6.83. The van der Waals surface area contributed by atoms with Gasteiger partial charge in [-0.25, -0.2) is 13.8 Å². The second-order valence-electron chi connectivity index (χ2n) is 5.00. The largest absolute Gasteiger partial charge is 0.319 e. The van der Waals surface area contributed by atoms with Gasteiger partial charge in [0.15, 0.2) is 16.8 Å². The molecule has 1 atom stereocenters. The zero-order valence-corrected chi connectivity index (χ0v) is 13.1. The molecule has 1 amide bonds. The number of nitrogens with one attached hydrogen (secondary N) is 2. The number of aromatic nitrogens is 1. The fourth-order valence-electron chi connectivity index (χ4n) is 1.93. The standard InChI is InChI=1S/C15H17F2N3OS/c1-9(7-18-2)14(21)20-15-19-8-11(22-15)5-10-3-4-12(16)13(17)6-10/h3-4,6,8-9,18H,5,7H2,1-2H3,(H,19,20,21). The third-order valence-corrected chi connectivity index (χ3v) is 4.02. The quantitative estimate of drug-likeness (QED) is 0.859. The summed E-state index contributed by atoms with van der Waals surface area (Å²) in [5.41, 5.74) is 0.656. The Hall–Kier alpha value is -1.86. The van der Waals surface area contributed by atoms with Gasteiger partial charge in [0.05, 0.1) is 0 Å². The highest BCUT2D eigenvalue weighted by Crippen LogP contribution is 2.22. The van der Waals surface area contributed by atoms with Crippen LogP contribution in [0.5, 0.6) is 0 Å². The molecule has 0 radical (unpaired) electrons. The molecule has 0 aliphatic heterocycles. The molecule has 0 bridgehead atoms. The number of halogens is 2. The zero-order valence-electron chi connectivity index (χ0n) is 12.3. The molecule has 2 N–H and O–H groups in total. The fourth-order valence-corrected chi connectivity index (χ4v) is 2.77. The molecule has 0 aliphatic carbocycles. The van der Waals surface area contributed by atoms with Gasteiger partial charge in [-0.05, 0) is 24.7 Å². The van der Waals surface area contributed by atoms with Crippen molar-refractivity contribution in [3.8, 4) is 0 Å². The summed E-state index contributed by atoms with van der Waals surface area (Å²) in [4.78, 5) is 16.9. The normalized spacial score (nSPS) is 12.2. The molecular weight excluding hydrogens is 308 g/mol. The molecule has 2 aromatic rings. The predicted octanol–water partition coefficient (Wildman–Crippen LogP) is 2.81. The molecule has 1 heterocycles. The Morgan fingerprint density at radius 1 is 1.36 bits per heavy atom. The molecular formula is C15H17F2N3OS. The number of hydrogen-bond donors (Lipinski definition) is 2. The van der Waals surface area contributed by atoms with E-state index < -0.39 is 11.6 Å². The van der Waals surface area contributed by atoms with Crippen LogP contribution in [0.15, 0.2) is 24.4 Å². The van der Waals surface area contributed by atoms with Crippen molar-refractivity contribution in [3.05, 3.63) is 46.5 Å². The summed E-state index contributed by atoms with van der Waals surface area (Å²) in [5, 5.41) is 6.19. The van der Waals surface area contributed by atoms with Gasteiger partial charge in [0.2, 0.25) is 5.91 Å². The number of amides is 1. The number of anilines is 1. The molecule has 1 unspecified atom stereocenters. The lowest BCUT2D eigenvalue weighted by Gasteiger charge is -2.09. The molecule has 1 aromatic heterocycles. The molecule has 4 nitrogen and oxygen atoms in total. The maximum absolute atomic E-state index is 13.2. The Kier molecular flexibility index (Phi) is 5.57. The van der Waals surface area contributed by atoms with Crippen LogP contribution in [-0.2, 0) is 11.2 Å². The average molecular weight is 325 g/mol. The molecule has 0 aliphatic rings. The SMILES string of the molecule is CNCC(C)C(=O)Nc1ncc(Cc2ccc(F)c(F)c2)s1. The Bertz CT molecular complexity index is 660. The van der Waals surface area contributed by atoms with E-state index in [1.54, 1.807) is 13.2 Å². The van der Waals surface area contributed by atoms with Crippen LogP contribution in [0.3, 0.4) is 0 Å². The Labute approximate surface area is 131 Å². The van der Waals surface area contributed by atoms with Crippen LogP contribution in [0.2, 0.25) is 0 Å². The third kappa shape index (κ3) is 4.32. The van der Waals surface area contributed by atoms with Crippen molar-refractivity contribution in [2.24, 2.45) is 5.92 Å². The van der Waals surface area contributed by atoms with E-state index in [2.05, 4.69) is 15.6 Å². The van der Waals surface area contributed by atoms with Gasteiger partial charge < -0.3 is 10.6 Å². The van der Waals surface area contributed by atoms with Gasteiger partial charge in [-0.2, -0.15) is 0 Å². The van der Waals surface area contributed by atoms with Gasteiger partial charge in [-0.15, -0.1) is 11.3 Å². The molecule has 0 fully saturated rings. The van der Waals surface area contributed by atoms with Crippen LogP contribution in [0.25, 0.3) is 0 Å². The van der Waals surface area contributed by atoms with Crippen molar-refractivity contribution in [2.75, 3.05) is 18.9 Å². The zero-order chi connectivity index (χ0) is 16.1. The number of carbonyl (C=O) groups excluding carboxylic acids is 1. The first-order valence-corrected chi connectivity index (χ1v) is 7.65. The van der Waals surface area contributed by atoms with Gasteiger partial charge >= 0.3 is 0 Å². The van der Waals surface area contributed by atoms with Crippen LogP contribution in [-0.4, -0.2) is 24.5 Å². The summed E-state index contributed by atoms with van der Waals surface area (Å²) in [7, 11) is 1.78. The first kappa shape index (κ1) is 16.5. The summed E-state index contributed by atoms with van der Waals surface area (Å²) in [6, 6.07) is 3.81. The van der Waals surface area contributed by atoms with Gasteiger partial charge in [-0.3, -0.25) is 4.79 Å². The van der Waals surface area contributed by atoms with Crippen molar-refractivity contribution in [3.63, 3.8) is 0 Å². The van der Waals surface area contributed by atoms with Crippen LogP contribution >= 0.6 is 11.3 Å². The second-order valence-corrected chi connectivity index (χ2v) is 6.12. The summed E-state index contributed by atoms with van der Waals surface area (Å²) in [5.74, 6) is -2.00. The number of benzene rings is 1. The van der Waals surface area contributed by atoms with E-state index >= 15 is 0 Å². The van der Waals surface area contributed by atoms with Crippen molar-refractivity contribution in [2.45, 2.75) is 13.3 Å². The number of nitrogens with zero attached hydrogens (tertiary/aromatic N) is 1. The Morgan fingerprint density at radius 2 is 2.14 bits per heavy atom. The highest BCUT2D eigenvalue weighted by atomic mass is 32.1. The fraction of sp³-hybridized carbons (Fsp3) is 0.333. The molecule has 0 spiro atoms. The maximum Gasteiger partial charge on any atom is 0.230 e. The van der Waals surface area contributed by atoms with Gasteiger partial charge in [0.1, 0.15) is 0 Å². The molecule has 2 rings (SSSR count). The number of thiazole rings is 1. The monoisotopic (exact) mass is 325 g/mol. The smallest absolute Gasteiger partial charge is 0.230 e. The van der Waals surface area contributed by atoms with E-state index in [4.69, 9.17) is 0 Å². The van der Waals surface area contributed by atoms with Gasteiger partial charge in [-0.1, -0.05) is 13.0 Å². The molecule has 0 saturated carbocycles. The molecule has 0 saturated heterocycles. The lowest BCUT2D eigenvalue weighted by atomic mass is 10.1. The lowest BCUT2D eigenvalue weighted by molar-refractivity contribution is -0.119. The molecule has 22 heavy (non-hydrogen) atoms. The number of carbonyl (C=O) groups is 1. The minimum absolute atomic E-state index is 0.108. The van der Waals surface area contributed by atoms with E-state index in [1.165, 1.54) is 23.5 Å². The Morgan fingerprint density at radius 3 is 2.82 bits per heavy atom.